The highest BCUT2D eigenvalue weighted by Gasteiger charge is 2.11. The second-order valence-corrected chi connectivity index (χ2v) is 5.38. The molecule has 128 valence electrons. The molecule has 0 bridgehead atoms. The van der Waals surface area contributed by atoms with E-state index in [1.54, 1.807) is 31.2 Å². The van der Waals surface area contributed by atoms with Gasteiger partial charge in [0.2, 0.25) is 5.95 Å². The third-order valence-electron chi connectivity index (χ3n) is 3.46. The molecule has 1 heterocycles. The normalized spacial score (nSPS) is 10.6. The van der Waals surface area contributed by atoms with E-state index < -0.39 is 11.6 Å². The number of halogens is 3. The van der Waals surface area contributed by atoms with Crippen LogP contribution >= 0.6 is 0 Å². The summed E-state index contributed by atoms with van der Waals surface area (Å²) < 4.78 is 41.1. The fourth-order valence-electron chi connectivity index (χ4n) is 2.27. The van der Waals surface area contributed by atoms with Gasteiger partial charge in [-0.2, -0.15) is 4.98 Å². The van der Waals surface area contributed by atoms with Gasteiger partial charge in [-0.15, -0.1) is 0 Å². The molecule has 3 aromatic rings. The van der Waals surface area contributed by atoms with E-state index >= 15 is 0 Å². The summed E-state index contributed by atoms with van der Waals surface area (Å²) in [5, 5.41) is 5.52. The summed E-state index contributed by atoms with van der Waals surface area (Å²) in [6.45, 7) is 1.91. The first-order valence-corrected chi connectivity index (χ1v) is 7.57. The van der Waals surface area contributed by atoms with Gasteiger partial charge in [0.25, 0.3) is 0 Å². The molecule has 0 aliphatic rings. The predicted octanol–water partition coefficient (Wildman–Crippen LogP) is 4.56. The third-order valence-corrected chi connectivity index (χ3v) is 3.46. The Morgan fingerprint density at radius 2 is 1.56 bits per heavy atom. The van der Waals surface area contributed by atoms with E-state index in [1.165, 1.54) is 12.1 Å². The molecule has 0 spiro atoms. The molecule has 0 fully saturated rings. The third kappa shape index (κ3) is 4.06. The van der Waals surface area contributed by atoms with Gasteiger partial charge in [-0.1, -0.05) is 24.3 Å². The molecule has 0 aliphatic carbocycles. The number of anilines is 3. The predicted molar refractivity (Wildman–Crippen MR) is 90.1 cm³/mol. The van der Waals surface area contributed by atoms with Gasteiger partial charge in [-0.3, -0.25) is 0 Å². The maximum Gasteiger partial charge on any atom is 0.225 e. The van der Waals surface area contributed by atoms with Gasteiger partial charge < -0.3 is 10.6 Å². The topological polar surface area (TPSA) is 49.8 Å². The van der Waals surface area contributed by atoms with Crippen molar-refractivity contribution in [3.8, 4) is 0 Å². The van der Waals surface area contributed by atoms with Crippen molar-refractivity contribution in [1.82, 2.24) is 9.97 Å². The first-order valence-electron chi connectivity index (χ1n) is 7.57. The van der Waals surface area contributed by atoms with E-state index in [-0.39, 0.29) is 29.8 Å². The summed E-state index contributed by atoms with van der Waals surface area (Å²) in [6, 6.07) is 11.5. The van der Waals surface area contributed by atoms with Crippen molar-refractivity contribution in [3.63, 3.8) is 0 Å². The van der Waals surface area contributed by atoms with Crippen LogP contribution < -0.4 is 10.6 Å². The second kappa shape index (κ2) is 7.21. The van der Waals surface area contributed by atoms with E-state index in [0.29, 0.717) is 11.3 Å². The molecule has 0 unspecified atom stereocenters. The van der Waals surface area contributed by atoms with Crippen LogP contribution in [0.1, 0.15) is 11.3 Å². The molecule has 25 heavy (non-hydrogen) atoms. The van der Waals surface area contributed by atoms with Crippen LogP contribution in [0.5, 0.6) is 0 Å². The van der Waals surface area contributed by atoms with Crippen LogP contribution in [0.2, 0.25) is 0 Å². The van der Waals surface area contributed by atoms with E-state index in [4.69, 9.17) is 0 Å². The van der Waals surface area contributed by atoms with Crippen molar-refractivity contribution >= 4 is 17.5 Å². The van der Waals surface area contributed by atoms with Gasteiger partial charge in [-0.05, 0) is 25.1 Å². The Labute approximate surface area is 142 Å². The number of aryl methyl sites for hydroxylation is 1. The number of aromatic nitrogens is 2. The zero-order valence-corrected chi connectivity index (χ0v) is 13.4. The largest absolute Gasteiger partial charge is 0.350 e. The zero-order chi connectivity index (χ0) is 17.8. The number of benzene rings is 2. The number of nitrogens with one attached hydrogen (secondary N) is 2. The Morgan fingerprint density at radius 3 is 2.28 bits per heavy atom. The smallest absolute Gasteiger partial charge is 0.225 e. The van der Waals surface area contributed by atoms with Gasteiger partial charge in [0, 0.05) is 23.9 Å². The molecular weight excluding hydrogens is 329 g/mol. The minimum Gasteiger partial charge on any atom is -0.350 e. The van der Waals surface area contributed by atoms with Crippen LogP contribution in [-0.2, 0) is 6.54 Å². The number of nitrogens with zero attached hydrogens (tertiary/aromatic N) is 2. The van der Waals surface area contributed by atoms with Gasteiger partial charge in [0.1, 0.15) is 29.0 Å². The van der Waals surface area contributed by atoms with Crippen molar-refractivity contribution in [2.75, 3.05) is 10.6 Å². The molecule has 3 rings (SSSR count). The summed E-state index contributed by atoms with van der Waals surface area (Å²) >= 11 is 0. The summed E-state index contributed by atoms with van der Waals surface area (Å²) in [4.78, 5) is 8.36. The molecule has 1 aromatic heterocycles. The lowest BCUT2D eigenvalue weighted by Crippen LogP contribution is -2.08. The summed E-state index contributed by atoms with van der Waals surface area (Å²) in [6.07, 6.45) is 0. The van der Waals surface area contributed by atoms with E-state index in [9.17, 15) is 13.2 Å². The summed E-state index contributed by atoms with van der Waals surface area (Å²) in [7, 11) is 0. The minimum absolute atomic E-state index is 0.184. The van der Waals surface area contributed by atoms with Crippen LogP contribution in [0.4, 0.5) is 30.6 Å². The van der Waals surface area contributed by atoms with Gasteiger partial charge in [0.05, 0.1) is 0 Å². The van der Waals surface area contributed by atoms with Crippen molar-refractivity contribution in [2.45, 2.75) is 13.5 Å². The van der Waals surface area contributed by atoms with Crippen LogP contribution in [0.25, 0.3) is 0 Å². The van der Waals surface area contributed by atoms with E-state index in [0.717, 1.165) is 12.1 Å². The highest BCUT2D eigenvalue weighted by atomic mass is 19.1. The molecule has 2 N–H and O–H groups in total. The fourth-order valence-corrected chi connectivity index (χ4v) is 2.27. The van der Waals surface area contributed by atoms with Gasteiger partial charge in [-0.25, -0.2) is 18.2 Å². The molecule has 0 saturated heterocycles. The average Bonchev–Trinajstić information content (AvgIpc) is 2.57. The lowest BCUT2D eigenvalue weighted by molar-refractivity contribution is 0.590. The summed E-state index contributed by atoms with van der Waals surface area (Å²) in [5.74, 6) is -1.33. The quantitative estimate of drug-likeness (QED) is 0.712. The number of hydrogen-bond acceptors (Lipinski definition) is 4. The monoisotopic (exact) mass is 344 g/mol. The molecule has 0 aliphatic heterocycles. The molecular formula is C18H15F3N4. The maximum absolute atomic E-state index is 13.7. The second-order valence-electron chi connectivity index (χ2n) is 5.38. The van der Waals surface area contributed by atoms with Crippen LogP contribution in [0, 0.1) is 24.4 Å². The molecule has 0 atom stereocenters. The molecule has 2 aromatic carbocycles. The number of rotatable bonds is 5. The summed E-state index contributed by atoms with van der Waals surface area (Å²) in [5.41, 5.74) is 0.758. The zero-order valence-electron chi connectivity index (χ0n) is 13.4. The standard InChI is InChI=1S/C18H15F3N4/c1-11-9-16(24-17-14(20)7-4-8-15(17)21)25-18(23-11)22-10-12-5-2-3-6-13(12)19/h2-9H,10H2,1H3,(H2,22,23,24,25). The molecule has 0 saturated carbocycles. The molecule has 0 radical (unpaired) electrons. The van der Waals surface area contributed by atoms with Crippen LogP contribution in [-0.4, -0.2) is 9.97 Å². The molecule has 4 nitrogen and oxygen atoms in total. The lowest BCUT2D eigenvalue weighted by atomic mass is 10.2. The van der Waals surface area contributed by atoms with Crippen molar-refractivity contribution in [2.24, 2.45) is 0 Å². The lowest BCUT2D eigenvalue weighted by Gasteiger charge is -2.11. The molecule has 7 heteroatoms. The van der Waals surface area contributed by atoms with Crippen LogP contribution in [0.3, 0.4) is 0 Å². The van der Waals surface area contributed by atoms with E-state index in [1.807, 2.05) is 0 Å². The number of para-hydroxylation sites is 1. The highest BCUT2D eigenvalue weighted by Crippen LogP contribution is 2.23. The van der Waals surface area contributed by atoms with Crippen LogP contribution in [0.15, 0.2) is 48.5 Å². The van der Waals surface area contributed by atoms with Crippen molar-refractivity contribution < 1.29 is 13.2 Å². The fraction of sp³-hybridized carbons (Fsp3) is 0.111. The first-order chi connectivity index (χ1) is 12.0. The highest BCUT2D eigenvalue weighted by molar-refractivity contribution is 5.59. The Bertz CT molecular complexity index is 879. The van der Waals surface area contributed by atoms with Crippen molar-refractivity contribution in [1.29, 1.82) is 0 Å². The Morgan fingerprint density at radius 1 is 0.880 bits per heavy atom. The van der Waals surface area contributed by atoms with E-state index in [2.05, 4.69) is 20.6 Å². The Kier molecular flexibility index (Phi) is 4.83. The Balaban J connectivity index is 1.80. The first kappa shape index (κ1) is 16.8. The number of hydrogen-bond donors (Lipinski definition) is 2. The van der Waals surface area contributed by atoms with Crippen molar-refractivity contribution in [3.05, 3.63) is 77.2 Å². The van der Waals surface area contributed by atoms with Gasteiger partial charge in [0.15, 0.2) is 0 Å². The molecule has 0 amide bonds. The SMILES string of the molecule is Cc1cc(Nc2c(F)cccc2F)nc(NCc2ccccc2F)n1. The Hall–Kier alpha value is -3.09. The average molecular weight is 344 g/mol. The minimum atomic E-state index is -0.725. The maximum atomic E-state index is 13.7. The van der Waals surface area contributed by atoms with Gasteiger partial charge >= 0.3 is 0 Å².